The average Bonchev–Trinajstić information content (AvgIpc) is 2.28. The Morgan fingerprint density at radius 1 is 1.45 bits per heavy atom. The van der Waals surface area contributed by atoms with Crippen LogP contribution in [0.15, 0.2) is 18.2 Å². The standard InChI is InChI=1S/C15H22ClNO3/c1-10(17-14(19)20-15(2,3)4)5-6-11-7-8-12(16)13(18)9-11/h7-10,18H,5-6H2,1-4H3,(H,17,19). The molecule has 0 heterocycles. The highest BCUT2D eigenvalue weighted by molar-refractivity contribution is 6.31. The number of carbonyl (C=O) groups is 1. The van der Waals surface area contributed by atoms with Crippen LogP contribution in [0.1, 0.15) is 39.7 Å². The second-order valence-electron chi connectivity index (χ2n) is 5.87. The lowest BCUT2D eigenvalue weighted by atomic mass is 10.1. The lowest BCUT2D eigenvalue weighted by Gasteiger charge is -2.22. The van der Waals surface area contributed by atoms with E-state index in [0.717, 1.165) is 18.4 Å². The van der Waals surface area contributed by atoms with E-state index in [1.54, 1.807) is 12.1 Å². The van der Waals surface area contributed by atoms with Gasteiger partial charge in [0.25, 0.3) is 0 Å². The van der Waals surface area contributed by atoms with Crippen molar-refractivity contribution in [2.75, 3.05) is 0 Å². The lowest BCUT2D eigenvalue weighted by Crippen LogP contribution is -2.37. The van der Waals surface area contributed by atoms with Gasteiger partial charge >= 0.3 is 6.09 Å². The Morgan fingerprint density at radius 2 is 2.10 bits per heavy atom. The van der Waals surface area contributed by atoms with E-state index < -0.39 is 11.7 Å². The van der Waals surface area contributed by atoms with Crippen LogP contribution in [0.4, 0.5) is 4.79 Å². The number of aromatic hydroxyl groups is 1. The molecule has 0 spiro atoms. The van der Waals surface area contributed by atoms with E-state index in [1.807, 2.05) is 33.8 Å². The van der Waals surface area contributed by atoms with Gasteiger partial charge in [-0.25, -0.2) is 4.79 Å². The number of carbonyl (C=O) groups excluding carboxylic acids is 1. The summed E-state index contributed by atoms with van der Waals surface area (Å²) in [6.45, 7) is 7.40. The third-order valence-corrected chi connectivity index (χ3v) is 2.96. The first-order valence-electron chi connectivity index (χ1n) is 6.64. The molecule has 1 aromatic carbocycles. The van der Waals surface area contributed by atoms with Gasteiger partial charge < -0.3 is 15.2 Å². The minimum atomic E-state index is -0.494. The second-order valence-corrected chi connectivity index (χ2v) is 6.28. The van der Waals surface area contributed by atoms with Crippen LogP contribution >= 0.6 is 11.6 Å². The first kappa shape index (κ1) is 16.6. The van der Waals surface area contributed by atoms with Gasteiger partial charge in [0.05, 0.1) is 5.02 Å². The molecule has 2 N–H and O–H groups in total. The largest absolute Gasteiger partial charge is 0.506 e. The van der Waals surface area contributed by atoms with Crippen molar-refractivity contribution in [2.24, 2.45) is 0 Å². The molecule has 1 aromatic rings. The molecule has 0 bridgehead atoms. The molecule has 5 heteroatoms. The summed E-state index contributed by atoms with van der Waals surface area (Å²) < 4.78 is 5.19. The number of nitrogens with one attached hydrogen (secondary N) is 1. The van der Waals surface area contributed by atoms with Gasteiger partial charge in [0, 0.05) is 6.04 Å². The Kier molecular flexibility index (Phi) is 5.69. The quantitative estimate of drug-likeness (QED) is 0.886. The summed E-state index contributed by atoms with van der Waals surface area (Å²) in [4.78, 5) is 11.6. The maximum absolute atomic E-state index is 11.6. The first-order valence-corrected chi connectivity index (χ1v) is 7.02. The third kappa shape index (κ3) is 6.15. The number of aryl methyl sites for hydroxylation is 1. The Balaban J connectivity index is 2.41. The van der Waals surface area contributed by atoms with Gasteiger partial charge in [-0.15, -0.1) is 0 Å². The van der Waals surface area contributed by atoms with Gasteiger partial charge in [-0.3, -0.25) is 0 Å². The van der Waals surface area contributed by atoms with Crippen LogP contribution in [0.5, 0.6) is 5.75 Å². The Bertz CT molecular complexity index is 469. The van der Waals surface area contributed by atoms with Crippen LogP contribution in [-0.2, 0) is 11.2 Å². The van der Waals surface area contributed by atoms with Crippen molar-refractivity contribution in [2.45, 2.75) is 52.2 Å². The van der Waals surface area contributed by atoms with E-state index in [-0.39, 0.29) is 11.8 Å². The highest BCUT2D eigenvalue weighted by Crippen LogP contribution is 2.24. The summed E-state index contributed by atoms with van der Waals surface area (Å²) in [6, 6.07) is 5.16. The molecule has 112 valence electrons. The number of phenolic OH excluding ortho intramolecular Hbond substituents is 1. The van der Waals surface area contributed by atoms with Crippen LogP contribution in [0.25, 0.3) is 0 Å². The molecule has 0 aromatic heterocycles. The predicted molar refractivity (Wildman–Crippen MR) is 80.3 cm³/mol. The van der Waals surface area contributed by atoms with E-state index in [0.29, 0.717) is 5.02 Å². The number of halogens is 1. The molecular formula is C15H22ClNO3. The summed E-state index contributed by atoms with van der Waals surface area (Å²) in [5.41, 5.74) is 0.482. The summed E-state index contributed by atoms with van der Waals surface area (Å²) in [7, 11) is 0. The molecule has 4 nitrogen and oxygen atoms in total. The second kappa shape index (κ2) is 6.84. The number of amides is 1. The summed E-state index contributed by atoms with van der Waals surface area (Å²) >= 11 is 5.75. The molecule has 0 saturated heterocycles. The fourth-order valence-corrected chi connectivity index (χ4v) is 1.80. The number of ether oxygens (including phenoxy) is 1. The van der Waals surface area contributed by atoms with Crippen LogP contribution in [0.3, 0.4) is 0 Å². The van der Waals surface area contributed by atoms with Gasteiger partial charge in [0.15, 0.2) is 0 Å². The number of hydrogen-bond acceptors (Lipinski definition) is 3. The molecule has 1 rings (SSSR count). The fourth-order valence-electron chi connectivity index (χ4n) is 1.68. The van der Waals surface area contributed by atoms with Gasteiger partial charge in [-0.05, 0) is 58.2 Å². The summed E-state index contributed by atoms with van der Waals surface area (Å²) in [5.74, 6) is 0.0805. The number of alkyl carbamates (subject to hydrolysis) is 1. The number of rotatable bonds is 4. The molecule has 0 aliphatic carbocycles. The van der Waals surface area contributed by atoms with Crippen LogP contribution in [0.2, 0.25) is 5.02 Å². The summed E-state index contributed by atoms with van der Waals surface area (Å²) in [6.07, 6.45) is 1.08. The SMILES string of the molecule is CC(CCc1ccc(Cl)c(O)c1)NC(=O)OC(C)(C)C. The molecule has 0 aliphatic heterocycles. The number of phenols is 1. The van der Waals surface area contributed by atoms with Crippen molar-refractivity contribution in [3.05, 3.63) is 28.8 Å². The molecule has 0 fully saturated rings. The van der Waals surface area contributed by atoms with Gasteiger partial charge in [0.1, 0.15) is 11.4 Å². The molecular weight excluding hydrogens is 278 g/mol. The molecule has 1 atom stereocenters. The molecule has 1 unspecified atom stereocenters. The predicted octanol–water partition coefficient (Wildman–Crippen LogP) is 3.89. The number of benzene rings is 1. The van der Waals surface area contributed by atoms with E-state index in [4.69, 9.17) is 16.3 Å². The van der Waals surface area contributed by atoms with Crippen molar-refractivity contribution in [3.63, 3.8) is 0 Å². The molecule has 0 saturated carbocycles. The maximum Gasteiger partial charge on any atom is 0.407 e. The zero-order valence-electron chi connectivity index (χ0n) is 12.4. The van der Waals surface area contributed by atoms with Gasteiger partial charge in [-0.2, -0.15) is 0 Å². The highest BCUT2D eigenvalue weighted by Gasteiger charge is 2.17. The van der Waals surface area contributed by atoms with Crippen LogP contribution in [0, 0.1) is 0 Å². The fraction of sp³-hybridized carbons (Fsp3) is 0.533. The maximum atomic E-state index is 11.6. The van der Waals surface area contributed by atoms with E-state index in [1.165, 1.54) is 0 Å². The van der Waals surface area contributed by atoms with E-state index >= 15 is 0 Å². The van der Waals surface area contributed by atoms with Gasteiger partial charge in [-0.1, -0.05) is 17.7 Å². The molecule has 0 aliphatic rings. The average molecular weight is 300 g/mol. The normalized spacial score (nSPS) is 12.8. The highest BCUT2D eigenvalue weighted by atomic mass is 35.5. The van der Waals surface area contributed by atoms with E-state index in [9.17, 15) is 9.90 Å². The molecule has 20 heavy (non-hydrogen) atoms. The Hall–Kier alpha value is -1.42. The van der Waals surface area contributed by atoms with Crippen molar-refractivity contribution in [1.82, 2.24) is 5.32 Å². The Labute approximate surface area is 125 Å². The topological polar surface area (TPSA) is 58.6 Å². The smallest absolute Gasteiger partial charge is 0.407 e. The zero-order chi connectivity index (χ0) is 15.3. The van der Waals surface area contributed by atoms with Crippen molar-refractivity contribution < 1.29 is 14.6 Å². The zero-order valence-corrected chi connectivity index (χ0v) is 13.1. The first-order chi connectivity index (χ1) is 9.17. The van der Waals surface area contributed by atoms with Crippen LogP contribution < -0.4 is 5.32 Å². The summed E-state index contributed by atoms with van der Waals surface area (Å²) in [5, 5.41) is 12.6. The van der Waals surface area contributed by atoms with Crippen molar-refractivity contribution in [3.8, 4) is 5.75 Å². The monoisotopic (exact) mass is 299 g/mol. The molecule has 1 amide bonds. The van der Waals surface area contributed by atoms with Gasteiger partial charge in [0.2, 0.25) is 0 Å². The third-order valence-electron chi connectivity index (χ3n) is 2.64. The lowest BCUT2D eigenvalue weighted by molar-refractivity contribution is 0.0506. The van der Waals surface area contributed by atoms with Crippen molar-refractivity contribution in [1.29, 1.82) is 0 Å². The minimum Gasteiger partial charge on any atom is -0.506 e. The molecule has 0 radical (unpaired) electrons. The van der Waals surface area contributed by atoms with Crippen LogP contribution in [-0.4, -0.2) is 22.8 Å². The Morgan fingerprint density at radius 3 is 2.65 bits per heavy atom. The van der Waals surface area contributed by atoms with E-state index in [2.05, 4.69) is 5.32 Å². The minimum absolute atomic E-state index is 0.0114. The van der Waals surface area contributed by atoms with Crippen molar-refractivity contribution >= 4 is 17.7 Å². The number of hydrogen-bond donors (Lipinski definition) is 2.